The van der Waals surface area contributed by atoms with Crippen LogP contribution in [-0.4, -0.2) is 35.1 Å². The second-order valence-corrected chi connectivity index (χ2v) is 6.39. The third kappa shape index (κ3) is 5.10. The van der Waals surface area contributed by atoms with Crippen LogP contribution in [0.1, 0.15) is 44.9 Å². The van der Waals surface area contributed by atoms with Gasteiger partial charge in [0.05, 0.1) is 22.2 Å². The number of carbonyl (C=O) groups is 3. The van der Waals surface area contributed by atoms with Crippen LogP contribution in [0.25, 0.3) is 0 Å². The van der Waals surface area contributed by atoms with E-state index in [9.17, 15) is 23.2 Å². The molecule has 0 atom stereocenters. The summed E-state index contributed by atoms with van der Waals surface area (Å²) in [6.45, 7) is 2.76. The van der Waals surface area contributed by atoms with Crippen molar-refractivity contribution < 1.29 is 33.0 Å². The lowest BCUT2D eigenvalue weighted by atomic mass is 10.1. The molecule has 0 fully saturated rings. The minimum atomic E-state index is -1.28. The Bertz CT molecular complexity index is 895. The maximum atomic E-state index is 13.7. The fourth-order valence-corrected chi connectivity index (χ4v) is 2.26. The zero-order valence-electron chi connectivity index (χ0n) is 14.6. The third-order valence-corrected chi connectivity index (χ3v) is 3.57. The highest BCUT2D eigenvalue weighted by Gasteiger charge is 2.26. The Morgan fingerprint density at radius 1 is 1.04 bits per heavy atom. The summed E-state index contributed by atoms with van der Waals surface area (Å²) in [6, 6.07) is 8.09. The van der Waals surface area contributed by atoms with Crippen LogP contribution >= 0.6 is 0 Å². The minimum absolute atomic E-state index is 0.128. The average molecular weight is 377 g/mol. The Morgan fingerprint density at radius 3 is 2.26 bits per heavy atom. The number of carboxylic acids is 1. The zero-order valence-corrected chi connectivity index (χ0v) is 14.6. The largest absolute Gasteiger partial charge is 0.478 e. The number of ether oxygens (including phenoxy) is 1. The van der Waals surface area contributed by atoms with Crippen LogP contribution in [-0.2, 0) is 4.74 Å². The molecule has 8 heteroatoms. The number of carbonyl (C=O) groups excluding carboxylic acids is 2. The molecule has 0 unspecified atom stereocenters. The standard InChI is InChI=1S/C19H17F2NO5/c1-19(2,22-16(23)14-8-7-11(20)9-15(14)21)10-27-18(26)13-6-4-3-5-12(13)17(24)25/h3-9H,10H2,1-2H3,(H,22,23)(H,24,25). The van der Waals surface area contributed by atoms with E-state index >= 15 is 0 Å². The Morgan fingerprint density at radius 2 is 1.67 bits per heavy atom. The van der Waals surface area contributed by atoms with Crippen molar-refractivity contribution in [2.24, 2.45) is 0 Å². The first-order valence-electron chi connectivity index (χ1n) is 7.88. The zero-order chi connectivity index (χ0) is 20.2. The number of aromatic carboxylic acids is 1. The molecule has 0 spiro atoms. The molecule has 0 aliphatic rings. The molecular formula is C19H17F2NO5. The summed E-state index contributed by atoms with van der Waals surface area (Å²) >= 11 is 0. The lowest BCUT2D eigenvalue weighted by Crippen LogP contribution is -2.47. The Labute approximate surface area is 153 Å². The molecule has 0 aliphatic heterocycles. The van der Waals surface area contributed by atoms with Gasteiger partial charge in [-0.15, -0.1) is 0 Å². The molecule has 0 saturated heterocycles. The van der Waals surface area contributed by atoms with Crippen LogP contribution in [0.15, 0.2) is 42.5 Å². The first-order valence-corrected chi connectivity index (χ1v) is 7.88. The van der Waals surface area contributed by atoms with E-state index in [4.69, 9.17) is 9.84 Å². The molecule has 0 aliphatic carbocycles. The molecule has 0 saturated carbocycles. The van der Waals surface area contributed by atoms with Gasteiger partial charge in [-0.05, 0) is 38.1 Å². The molecule has 2 rings (SSSR count). The highest BCUT2D eigenvalue weighted by Crippen LogP contribution is 2.14. The van der Waals surface area contributed by atoms with E-state index in [1.807, 2.05) is 0 Å². The number of benzene rings is 2. The van der Waals surface area contributed by atoms with Crippen molar-refractivity contribution in [1.82, 2.24) is 5.32 Å². The van der Waals surface area contributed by atoms with E-state index in [0.29, 0.717) is 6.07 Å². The van der Waals surface area contributed by atoms with Crippen molar-refractivity contribution in [3.63, 3.8) is 0 Å². The molecule has 2 aromatic carbocycles. The highest BCUT2D eigenvalue weighted by atomic mass is 19.1. The fourth-order valence-electron chi connectivity index (χ4n) is 2.26. The summed E-state index contributed by atoms with van der Waals surface area (Å²) < 4.78 is 31.7. The molecular weight excluding hydrogens is 360 g/mol. The normalized spacial score (nSPS) is 11.0. The number of rotatable bonds is 6. The Kier molecular flexibility index (Phi) is 5.89. The van der Waals surface area contributed by atoms with E-state index < -0.39 is 35.0 Å². The molecule has 6 nitrogen and oxygen atoms in total. The average Bonchev–Trinajstić information content (AvgIpc) is 2.59. The molecule has 1 amide bonds. The lowest BCUT2D eigenvalue weighted by molar-refractivity contribution is 0.0384. The SMILES string of the molecule is CC(C)(COC(=O)c1ccccc1C(=O)O)NC(=O)c1ccc(F)cc1F. The van der Waals surface area contributed by atoms with Crippen LogP contribution in [0.2, 0.25) is 0 Å². The maximum Gasteiger partial charge on any atom is 0.339 e. The lowest BCUT2D eigenvalue weighted by Gasteiger charge is -2.26. The monoisotopic (exact) mass is 377 g/mol. The van der Waals surface area contributed by atoms with E-state index in [2.05, 4.69) is 5.32 Å². The highest BCUT2D eigenvalue weighted by molar-refractivity contribution is 6.02. The van der Waals surface area contributed by atoms with Gasteiger partial charge in [-0.2, -0.15) is 0 Å². The maximum absolute atomic E-state index is 13.7. The van der Waals surface area contributed by atoms with Gasteiger partial charge in [0, 0.05) is 6.07 Å². The second kappa shape index (κ2) is 7.94. The van der Waals surface area contributed by atoms with Crippen LogP contribution < -0.4 is 5.32 Å². The minimum Gasteiger partial charge on any atom is -0.478 e. The summed E-state index contributed by atoms with van der Waals surface area (Å²) in [5, 5.41) is 11.6. The number of hydrogen-bond donors (Lipinski definition) is 2. The number of nitrogens with one attached hydrogen (secondary N) is 1. The van der Waals surface area contributed by atoms with Gasteiger partial charge in [0.1, 0.15) is 18.2 Å². The van der Waals surface area contributed by atoms with Gasteiger partial charge in [0.15, 0.2) is 0 Å². The van der Waals surface area contributed by atoms with Gasteiger partial charge in [-0.25, -0.2) is 18.4 Å². The molecule has 2 aromatic rings. The molecule has 0 aromatic heterocycles. The molecule has 27 heavy (non-hydrogen) atoms. The van der Waals surface area contributed by atoms with E-state index in [1.165, 1.54) is 38.1 Å². The first kappa shape index (κ1) is 20.0. The summed E-state index contributed by atoms with van der Waals surface area (Å²) in [5.74, 6) is -4.78. The fraction of sp³-hybridized carbons (Fsp3) is 0.211. The molecule has 142 valence electrons. The topological polar surface area (TPSA) is 92.7 Å². The van der Waals surface area contributed by atoms with Gasteiger partial charge in [0.25, 0.3) is 5.91 Å². The number of hydrogen-bond acceptors (Lipinski definition) is 4. The van der Waals surface area contributed by atoms with Gasteiger partial charge in [0.2, 0.25) is 0 Å². The molecule has 0 radical (unpaired) electrons. The molecule has 0 bridgehead atoms. The number of halogens is 2. The van der Waals surface area contributed by atoms with Crippen molar-refractivity contribution in [2.75, 3.05) is 6.61 Å². The van der Waals surface area contributed by atoms with Crippen LogP contribution in [0.3, 0.4) is 0 Å². The number of carboxylic acid groups (broad SMARTS) is 1. The van der Waals surface area contributed by atoms with Crippen molar-refractivity contribution >= 4 is 17.8 Å². The van der Waals surface area contributed by atoms with Crippen molar-refractivity contribution in [3.8, 4) is 0 Å². The van der Waals surface area contributed by atoms with Crippen LogP contribution in [0.5, 0.6) is 0 Å². The summed E-state index contributed by atoms with van der Waals surface area (Å²) in [7, 11) is 0. The predicted molar refractivity (Wildman–Crippen MR) is 91.6 cm³/mol. The van der Waals surface area contributed by atoms with E-state index in [-0.39, 0.29) is 23.3 Å². The second-order valence-electron chi connectivity index (χ2n) is 6.39. The first-order chi connectivity index (χ1) is 12.6. The number of amides is 1. The van der Waals surface area contributed by atoms with Gasteiger partial charge >= 0.3 is 11.9 Å². The smallest absolute Gasteiger partial charge is 0.339 e. The van der Waals surface area contributed by atoms with Crippen molar-refractivity contribution in [2.45, 2.75) is 19.4 Å². The third-order valence-electron chi connectivity index (χ3n) is 3.57. The van der Waals surface area contributed by atoms with E-state index in [1.54, 1.807) is 0 Å². The van der Waals surface area contributed by atoms with Gasteiger partial charge < -0.3 is 15.2 Å². The summed E-state index contributed by atoms with van der Waals surface area (Å²) in [6.07, 6.45) is 0. The van der Waals surface area contributed by atoms with Gasteiger partial charge in [-0.3, -0.25) is 4.79 Å². The van der Waals surface area contributed by atoms with Crippen LogP contribution in [0.4, 0.5) is 8.78 Å². The van der Waals surface area contributed by atoms with Gasteiger partial charge in [-0.1, -0.05) is 12.1 Å². The molecule has 0 heterocycles. The van der Waals surface area contributed by atoms with Crippen LogP contribution in [0, 0.1) is 11.6 Å². The predicted octanol–water partition coefficient (Wildman–Crippen LogP) is 3.03. The quantitative estimate of drug-likeness (QED) is 0.755. The molecule has 2 N–H and O–H groups in total. The summed E-state index contributed by atoms with van der Waals surface area (Å²) in [4.78, 5) is 35.5. The Hall–Kier alpha value is -3.29. The summed E-state index contributed by atoms with van der Waals surface area (Å²) in [5.41, 5.74) is -1.78. The number of esters is 1. The van der Waals surface area contributed by atoms with Crippen molar-refractivity contribution in [3.05, 3.63) is 70.8 Å². The van der Waals surface area contributed by atoms with Crippen molar-refractivity contribution in [1.29, 1.82) is 0 Å². The van der Waals surface area contributed by atoms with E-state index in [0.717, 1.165) is 12.1 Å². The Balaban J connectivity index is 2.05.